The van der Waals surface area contributed by atoms with Crippen molar-refractivity contribution in [2.75, 3.05) is 26.8 Å². The summed E-state index contributed by atoms with van der Waals surface area (Å²) >= 11 is 0. The Balaban J connectivity index is 4.65. The van der Waals surface area contributed by atoms with E-state index in [1.807, 2.05) is 13.8 Å². The number of rotatable bonds is 8. The fraction of sp³-hybridized carbons (Fsp3) is 1.00. The van der Waals surface area contributed by atoms with Crippen molar-refractivity contribution in [2.45, 2.75) is 52.0 Å². The molecule has 0 saturated heterocycles. The molecule has 0 aromatic rings. The van der Waals surface area contributed by atoms with E-state index in [1.165, 1.54) is 12.0 Å². The van der Waals surface area contributed by atoms with Gasteiger partial charge in [-0.3, -0.25) is 4.90 Å². The van der Waals surface area contributed by atoms with Crippen LogP contribution < -0.4 is 5.32 Å². The van der Waals surface area contributed by atoms with E-state index < -0.39 is 12.7 Å². The molecule has 0 aromatic heterocycles. The van der Waals surface area contributed by atoms with E-state index in [1.54, 1.807) is 13.8 Å². The van der Waals surface area contributed by atoms with Crippen molar-refractivity contribution in [3.05, 3.63) is 0 Å². The molecule has 3 nitrogen and oxygen atoms in total. The predicted octanol–water partition coefficient (Wildman–Crippen LogP) is 2.27. The molecule has 0 radical (unpaired) electrons. The molecule has 0 aromatic carbocycles. The van der Waals surface area contributed by atoms with Gasteiger partial charge in [0.1, 0.15) is 0 Å². The molecule has 0 fully saturated rings. The highest BCUT2D eigenvalue weighted by Crippen LogP contribution is 2.20. The zero-order chi connectivity index (χ0) is 14.3. The number of nitrogens with zero attached hydrogens (tertiary/aromatic N) is 1. The summed E-state index contributed by atoms with van der Waals surface area (Å²) in [5.41, 5.74) is 0. The maximum atomic E-state index is 12.6. The highest BCUT2D eigenvalue weighted by atomic mass is 19.4. The van der Waals surface area contributed by atoms with Crippen molar-refractivity contribution in [1.82, 2.24) is 10.2 Å². The Morgan fingerprint density at radius 1 is 1.17 bits per heavy atom. The van der Waals surface area contributed by atoms with Crippen LogP contribution in [0.2, 0.25) is 0 Å². The second-order valence-corrected chi connectivity index (χ2v) is 5.05. The number of nitrogens with one attached hydrogen (secondary N) is 1. The lowest BCUT2D eigenvalue weighted by Crippen LogP contribution is -2.52. The second kappa shape index (κ2) is 7.96. The van der Waals surface area contributed by atoms with Gasteiger partial charge in [0, 0.05) is 31.8 Å². The van der Waals surface area contributed by atoms with E-state index >= 15 is 0 Å². The van der Waals surface area contributed by atoms with Gasteiger partial charge in [-0.2, -0.15) is 13.2 Å². The summed E-state index contributed by atoms with van der Waals surface area (Å²) in [5, 5.41) is 3.16. The van der Waals surface area contributed by atoms with Crippen LogP contribution in [-0.4, -0.2) is 56.0 Å². The summed E-state index contributed by atoms with van der Waals surface area (Å²) < 4.78 is 42.7. The summed E-state index contributed by atoms with van der Waals surface area (Å²) in [7, 11) is 1.51. The average Bonchev–Trinajstić information content (AvgIpc) is 2.19. The minimum Gasteiger partial charge on any atom is -0.383 e. The summed E-state index contributed by atoms with van der Waals surface area (Å²) in [4.78, 5) is 1.43. The first-order valence-corrected chi connectivity index (χ1v) is 6.22. The van der Waals surface area contributed by atoms with Gasteiger partial charge in [-0.1, -0.05) is 13.8 Å². The largest absolute Gasteiger partial charge is 0.401 e. The number of hydrogen-bond donors (Lipinski definition) is 1. The van der Waals surface area contributed by atoms with Crippen LogP contribution in [0.5, 0.6) is 0 Å². The highest BCUT2D eigenvalue weighted by molar-refractivity contribution is 4.79. The maximum Gasteiger partial charge on any atom is 0.401 e. The SMILES string of the molecule is COCC(CNC(C)C)N(CC(F)(F)F)C(C)C. The first-order chi connectivity index (χ1) is 8.17. The third kappa shape index (κ3) is 7.89. The molecule has 0 bridgehead atoms. The van der Waals surface area contributed by atoms with Gasteiger partial charge in [0.25, 0.3) is 0 Å². The number of alkyl halides is 3. The van der Waals surface area contributed by atoms with Crippen LogP contribution in [0, 0.1) is 0 Å². The molecule has 0 aliphatic carbocycles. The molecule has 0 aliphatic rings. The van der Waals surface area contributed by atoms with Crippen LogP contribution in [0.25, 0.3) is 0 Å². The zero-order valence-electron chi connectivity index (χ0n) is 11.8. The lowest BCUT2D eigenvalue weighted by molar-refractivity contribution is -0.157. The van der Waals surface area contributed by atoms with Crippen molar-refractivity contribution in [1.29, 1.82) is 0 Å². The van der Waals surface area contributed by atoms with Crippen LogP contribution >= 0.6 is 0 Å². The molecule has 0 saturated carbocycles. The van der Waals surface area contributed by atoms with Gasteiger partial charge >= 0.3 is 6.18 Å². The van der Waals surface area contributed by atoms with E-state index in [0.29, 0.717) is 6.54 Å². The summed E-state index contributed by atoms with van der Waals surface area (Å²) in [6, 6.07) is -0.219. The van der Waals surface area contributed by atoms with Crippen LogP contribution in [0.4, 0.5) is 13.2 Å². The maximum absolute atomic E-state index is 12.6. The Morgan fingerprint density at radius 3 is 2.06 bits per heavy atom. The van der Waals surface area contributed by atoms with Gasteiger partial charge < -0.3 is 10.1 Å². The monoisotopic (exact) mass is 270 g/mol. The molecule has 0 aliphatic heterocycles. The molecule has 110 valence electrons. The number of methoxy groups -OCH3 is 1. The minimum absolute atomic E-state index is 0.180. The molecular weight excluding hydrogens is 245 g/mol. The van der Waals surface area contributed by atoms with Crippen molar-refractivity contribution < 1.29 is 17.9 Å². The van der Waals surface area contributed by atoms with Crippen LogP contribution in [0.15, 0.2) is 0 Å². The topological polar surface area (TPSA) is 24.5 Å². The highest BCUT2D eigenvalue weighted by Gasteiger charge is 2.35. The van der Waals surface area contributed by atoms with Gasteiger partial charge in [0.15, 0.2) is 0 Å². The second-order valence-electron chi connectivity index (χ2n) is 5.05. The third-order valence-electron chi connectivity index (χ3n) is 2.61. The van der Waals surface area contributed by atoms with E-state index in [4.69, 9.17) is 4.74 Å². The first-order valence-electron chi connectivity index (χ1n) is 6.22. The summed E-state index contributed by atoms with van der Waals surface area (Å²) in [5.74, 6) is 0. The number of ether oxygens (including phenoxy) is 1. The molecule has 1 unspecified atom stereocenters. The van der Waals surface area contributed by atoms with Gasteiger partial charge in [0.05, 0.1) is 13.2 Å². The van der Waals surface area contributed by atoms with Gasteiger partial charge in [-0.15, -0.1) is 0 Å². The quantitative estimate of drug-likeness (QED) is 0.732. The van der Waals surface area contributed by atoms with Crippen LogP contribution in [0.3, 0.4) is 0 Å². The Hall–Kier alpha value is -0.330. The van der Waals surface area contributed by atoms with Crippen LogP contribution in [-0.2, 0) is 4.74 Å². The Labute approximate surface area is 108 Å². The van der Waals surface area contributed by atoms with Crippen LogP contribution in [0.1, 0.15) is 27.7 Å². The van der Waals surface area contributed by atoms with E-state index in [2.05, 4.69) is 5.32 Å². The van der Waals surface area contributed by atoms with Crippen molar-refractivity contribution in [3.63, 3.8) is 0 Å². The molecule has 1 N–H and O–H groups in total. The van der Waals surface area contributed by atoms with E-state index in [9.17, 15) is 13.2 Å². The number of hydrogen-bond acceptors (Lipinski definition) is 3. The fourth-order valence-corrected chi connectivity index (χ4v) is 1.78. The lowest BCUT2D eigenvalue weighted by Gasteiger charge is -2.35. The Kier molecular flexibility index (Phi) is 7.82. The smallest absolute Gasteiger partial charge is 0.383 e. The van der Waals surface area contributed by atoms with E-state index in [-0.39, 0.29) is 24.7 Å². The molecular formula is C12H25F3N2O. The standard InChI is InChI=1S/C12H25F3N2O/c1-9(2)16-6-11(7-18-5)17(10(3)4)8-12(13,14)15/h9-11,16H,6-8H2,1-5H3. The zero-order valence-corrected chi connectivity index (χ0v) is 11.8. The molecule has 18 heavy (non-hydrogen) atoms. The van der Waals surface area contributed by atoms with Crippen molar-refractivity contribution in [3.8, 4) is 0 Å². The predicted molar refractivity (Wildman–Crippen MR) is 66.7 cm³/mol. The fourth-order valence-electron chi connectivity index (χ4n) is 1.78. The van der Waals surface area contributed by atoms with Crippen molar-refractivity contribution in [2.24, 2.45) is 0 Å². The number of halogens is 3. The van der Waals surface area contributed by atoms with E-state index in [0.717, 1.165) is 0 Å². The van der Waals surface area contributed by atoms with Gasteiger partial charge in [-0.05, 0) is 13.8 Å². The molecule has 0 rings (SSSR count). The van der Waals surface area contributed by atoms with Gasteiger partial charge in [-0.25, -0.2) is 0 Å². The average molecular weight is 270 g/mol. The first kappa shape index (κ1) is 17.7. The Bertz CT molecular complexity index is 220. The molecule has 1 atom stereocenters. The molecule has 6 heteroatoms. The Morgan fingerprint density at radius 2 is 1.72 bits per heavy atom. The lowest BCUT2D eigenvalue weighted by atomic mass is 10.2. The molecule has 0 spiro atoms. The molecule has 0 amide bonds. The third-order valence-corrected chi connectivity index (χ3v) is 2.61. The summed E-state index contributed by atoms with van der Waals surface area (Å²) in [6.07, 6.45) is -4.19. The van der Waals surface area contributed by atoms with Crippen molar-refractivity contribution >= 4 is 0 Å². The normalized spacial score (nSPS) is 14.8. The van der Waals surface area contributed by atoms with Gasteiger partial charge in [0.2, 0.25) is 0 Å². The summed E-state index contributed by atoms with van der Waals surface area (Å²) in [6.45, 7) is 7.33. The minimum atomic E-state index is -4.19. The molecule has 0 heterocycles.